The molecule has 1 aliphatic rings. The second-order valence-corrected chi connectivity index (χ2v) is 2.89. The molecule has 11 heavy (non-hydrogen) atoms. The van der Waals surface area contributed by atoms with E-state index in [9.17, 15) is 0 Å². The highest BCUT2D eigenvalue weighted by molar-refractivity contribution is 5.12. The molecule has 1 aliphatic heterocycles. The average Bonchev–Trinajstić information content (AvgIpc) is 2.43. The molecule has 0 amide bonds. The van der Waals surface area contributed by atoms with Crippen molar-refractivity contribution in [3.8, 4) is 0 Å². The van der Waals surface area contributed by atoms with Gasteiger partial charge in [0, 0.05) is 7.05 Å². The van der Waals surface area contributed by atoms with Crippen LogP contribution >= 0.6 is 0 Å². The van der Waals surface area contributed by atoms with Gasteiger partial charge in [0.15, 0.2) is 0 Å². The number of likely N-dealkylation sites (N-methyl/N-ethyl adjacent to an activating group) is 1. The van der Waals surface area contributed by atoms with Gasteiger partial charge in [-0.1, -0.05) is 0 Å². The van der Waals surface area contributed by atoms with Gasteiger partial charge in [0.2, 0.25) is 5.76 Å². The smallest absolute Gasteiger partial charge is 0.327 e. The van der Waals surface area contributed by atoms with Gasteiger partial charge in [-0.2, -0.15) is 0 Å². The molecule has 0 bridgehead atoms. The van der Waals surface area contributed by atoms with Gasteiger partial charge in [0.05, 0.1) is 12.6 Å². The lowest BCUT2D eigenvalue weighted by atomic mass is 10.5. The number of nitrogens with zero attached hydrogens (tertiary/aromatic N) is 1. The first-order valence-electron chi connectivity index (χ1n) is 3.63. The molecule has 4 nitrogen and oxygen atoms in total. The summed E-state index contributed by atoms with van der Waals surface area (Å²) in [5.41, 5.74) is 0. The minimum absolute atomic E-state index is 0.172. The topological polar surface area (TPSA) is 51.0 Å². The Hall–Kier alpha value is -0.740. The van der Waals surface area contributed by atoms with E-state index in [1.165, 1.54) is 0 Å². The van der Waals surface area contributed by atoms with E-state index >= 15 is 0 Å². The minimum Gasteiger partial charge on any atom is -0.460 e. The van der Waals surface area contributed by atoms with E-state index in [-0.39, 0.29) is 6.10 Å². The molecule has 1 heterocycles. The van der Waals surface area contributed by atoms with E-state index in [1.807, 2.05) is 13.8 Å². The normalized spacial score (nSPS) is 15.8. The van der Waals surface area contributed by atoms with Crippen molar-refractivity contribution in [3.63, 3.8) is 0 Å². The SMILES string of the molecule is CC(C)OC1=C(CN(C)N)O1. The van der Waals surface area contributed by atoms with Crippen molar-refractivity contribution in [2.75, 3.05) is 13.6 Å². The molecule has 0 aromatic heterocycles. The van der Waals surface area contributed by atoms with Crippen LogP contribution in [-0.4, -0.2) is 24.7 Å². The molecule has 0 atom stereocenters. The third-order valence-electron chi connectivity index (χ3n) is 1.14. The Labute approximate surface area is 66.5 Å². The van der Waals surface area contributed by atoms with Crippen LogP contribution in [0.25, 0.3) is 0 Å². The fourth-order valence-corrected chi connectivity index (χ4v) is 0.714. The van der Waals surface area contributed by atoms with Crippen molar-refractivity contribution in [2.24, 2.45) is 5.84 Å². The van der Waals surface area contributed by atoms with E-state index in [2.05, 4.69) is 0 Å². The lowest BCUT2D eigenvalue weighted by Crippen LogP contribution is -2.26. The van der Waals surface area contributed by atoms with Gasteiger partial charge in [-0.3, -0.25) is 5.84 Å². The first-order valence-corrected chi connectivity index (χ1v) is 3.63. The van der Waals surface area contributed by atoms with Crippen LogP contribution in [0.1, 0.15) is 13.8 Å². The zero-order valence-electron chi connectivity index (χ0n) is 7.13. The Morgan fingerprint density at radius 1 is 1.64 bits per heavy atom. The summed E-state index contributed by atoms with van der Waals surface area (Å²) in [7, 11) is 1.78. The predicted molar refractivity (Wildman–Crippen MR) is 41.1 cm³/mol. The van der Waals surface area contributed by atoms with Crippen LogP contribution < -0.4 is 5.84 Å². The largest absolute Gasteiger partial charge is 0.460 e. The Kier molecular flexibility index (Phi) is 2.36. The van der Waals surface area contributed by atoms with Crippen LogP contribution in [0, 0.1) is 0 Å². The minimum atomic E-state index is 0.172. The highest BCUT2D eigenvalue weighted by atomic mass is 16.7. The fourth-order valence-electron chi connectivity index (χ4n) is 0.714. The molecule has 0 saturated heterocycles. The molecule has 0 spiro atoms. The lowest BCUT2D eigenvalue weighted by Gasteiger charge is -2.01. The van der Waals surface area contributed by atoms with Crippen molar-refractivity contribution in [3.05, 3.63) is 11.7 Å². The Morgan fingerprint density at radius 3 is 2.73 bits per heavy atom. The number of hydrogen-bond acceptors (Lipinski definition) is 4. The van der Waals surface area contributed by atoms with E-state index < -0.39 is 0 Å². The number of nitrogens with two attached hydrogens (primary N) is 1. The number of hydrazine groups is 1. The molecule has 4 heteroatoms. The molecule has 0 saturated carbocycles. The monoisotopic (exact) mass is 158 g/mol. The average molecular weight is 158 g/mol. The van der Waals surface area contributed by atoms with Crippen LogP contribution in [0.15, 0.2) is 11.7 Å². The lowest BCUT2D eigenvalue weighted by molar-refractivity contribution is 0.102. The second-order valence-electron chi connectivity index (χ2n) is 2.89. The highest BCUT2D eigenvalue weighted by Gasteiger charge is 2.28. The van der Waals surface area contributed by atoms with Crippen LogP contribution in [0.4, 0.5) is 0 Å². The maximum absolute atomic E-state index is 5.39. The van der Waals surface area contributed by atoms with E-state index in [0.717, 1.165) is 5.76 Å². The summed E-state index contributed by atoms with van der Waals surface area (Å²) >= 11 is 0. The molecule has 0 radical (unpaired) electrons. The van der Waals surface area contributed by atoms with E-state index in [0.29, 0.717) is 12.5 Å². The van der Waals surface area contributed by atoms with Crippen LogP contribution in [0.5, 0.6) is 0 Å². The summed E-state index contributed by atoms with van der Waals surface area (Å²) in [5, 5.41) is 1.55. The zero-order valence-corrected chi connectivity index (χ0v) is 7.13. The molecule has 0 unspecified atom stereocenters. The van der Waals surface area contributed by atoms with Crippen molar-refractivity contribution < 1.29 is 9.47 Å². The van der Waals surface area contributed by atoms with Crippen molar-refractivity contribution in [1.82, 2.24) is 5.01 Å². The molecule has 0 aliphatic carbocycles. The molecule has 0 aromatic rings. The predicted octanol–water partition coefficient (Wildman–Crippen LogP) is 0.416. The molecular formula is C7H14N2O2. The molecule has 1 rings (SSSR count). The first-order chi connectivity index (χ1) is 5.09. The number of hydrogen-bond donors (Lipinski definition) is 1. The van der Waals surface area contributed by atoms with Crippen LogP contribution in [0.3, 0.4) is 0 Å². The summed E-state index contributed by atoms with van der Waals surface area (Å²) in [5.74, 6) is 6.86. The third-order valence-corrected chi connectivity index (χ3v) is 1.14. The maximum atomic E-state index is 5.39. The van der Waals surface area contributed by atoms with Gasteiger partial charge in [-0.15, -0.1) is 0 Å². The fraction of sp³-hybridized carbons (Fsp3) is 0.714. The first kappa shape index (κ1) is 8.36. The van der Waals surface area contributed by atoms with Crippen molar-refractivity contribution in [1.29, 1.82) is 0 Å². The summed E-state index contributed by atoms with van der Waals surface area (Å²) in [6.45, 7) is 4.53. The zero-order chi connectivity index (χ0) is 8.43. The van der Waals surface area contributed by atoms with Gasteiger partial charge in [-0.05, 0) is 13.8 Å². The van der Waals surface area contributed by atoms with Crippen LogP contribution in [0.2, 0.25) is 0 Å². The molecular weight excluding hydrogens is 144 g/mol. The van der Waals surface area contributed by atoms with Gasteiger partial charge in [0.25, 0.3) is 0 Å². The Morgan fingerprint density at radius 2 is 2.27 bits per heavy atom. The highest BCUT2D eigenvalue weighted by Crippen LogP contribution is 2.28. The van der Waals surface area contributed by atoms with Crippen molar-refractivity contribution in [2.45, 2.75) is 20.0 Å². The van der Waals surface area contributed by atoms with E-state index in [4.69, 9.17) is 15.3 Å². The van der Waals surface area contributed by atoms with E-state index in [1.54, 1.807) is 12.1 Å². The summed E-state index contributed by atoms with van der Waals surface area (Å²) in [6.07, 6.45) is 0.172. The third kappa shape index (κ3) is 2.78. The van der Waals surface area contributed by atoms with Gasteiger partial charge in [0.1, 0.15) is 0 Å². The van der Waals surface area contributed by atoms with Gasteiger partial charge >= 0.3 is 5.95 Å². The second kappa shape index (κ2) is 3.11. The summed E-state index contributed by atoms with van der Waals surface area (Å²) in [6, 6.07) is 0. The summed E-state index contributed by atoms with van der Waals surface area (Å²) in [4.78, 5) is 0. The quantitative estimate of drug-likeness (QED) is 0.475. The standard InChI is InChI=1S/C7H14N2O2/c1-5(2)10-7-6(11-7)4-9(3)8/h5H,4,8H2,1-3H3. The van der Waals surface area contributed by atoms with Crippen molar-refractivity contribution >= 4 is 0 Å². The molecule has 2 N–H and O–H groups in total. The Bertz CT molecular complexity index is 157. The van der Waals surface area contributed by atoms with Gasteiger partial charge < -0.3 is 9.47 Å². The number of rotatable bonds is 4. The van der Waals surface area contributed by atoms with Gasteiger partial charge in [-0.25, -0.2) is 5.01 Å². The molecule has 0 aromatic carbocycles. The summed E-state index contributed by atoms with van der Waals surface area (Å²) < 4.78 is 10.3. The Balaban J connectivity index is 2.25. The van der Waals surface area contributed by atoms with Crippen LogP contribution in [-0.2, 0) is 9.47 Å². The molecule has 64 valence electrons. The number of ether oxygens (including phenoxy) is 2. The molecule has 0 fully saturated rings. The maximum Gasteiger partial charge on any atom is 0.327 e.